The van der Waals surface area contributed by atoms with Gasteiger partial charge in [0.25, 0.3) is 5.56 Å². The minimum atomic E-state index is -0.237. The smallest absolute Gasteiger partial charge is 0.315 e. The van der Waals surface area contributed by atoms with Crippen molar-refractivity contribution in [1.82, 2.24) is 14.5 Å². The molecule has 0 aliphatic rings. The topological polar surface area (TPSA) is 56.0 Å². The van der Waals surface area contributed by atoms with Crippen molar-refractivity contribution in [1.29, 1.82) is 0 Å². The van der Waals surface area contributed by atoms with Crippen molar-refractivity contribution in [3.63, 3.8) is 0 Å². The van der Waals surface area contributed by atoms with Crippen LogP contribution in [0.1, 0.15) is 12.5 Å². The fourth-order valence-electron chi connectivity index (χ4n) is 1.99. The van der Waals surface area contributed by atoms with Crippen molar-refractivity contribution in [3.8, 4) is 0 Å². The van der Waals surface area contributed by atoms with Gasteiger partial charge in [0.15, 0.2) is 0 Å². The van der Waals surface area contributed by atoms with E-state index in [9.17, 15) is 9.59 Å². The standard InChI is InChI=1S/C14H19N3O2S/c1-2-16-8-4-13(18)17(14(16)19)9-7-15-6-3-12-5-10-20-11-12/h4-5,8,10-11,15H,2-3,6-7,9H2,1H3. The normalized spacial score (nSPS) is 10.8. The van der Waals surface area contributed by atoms with Gasteiger partial charge in [0.2, 0.25) is 0 Å². The van der Waals surface area contributed by atoms with Gasteiger partial charge in [-0.3, -0.25) is 9.36 Å². The first-order chi connectivity index (χ1) is 9.72. The monoisotopic (exact) mass is 293 g/mol. The minimum Gasteiger partial charge on any atom is -0.315 e. The lowest BCUT2D eigenvalue weighted by molar-refractivity contribution is 0.533. The summed E-state index contributed by atoms with van der Waals surface area (Å²) < 4.78 is 2.81. The minimum absolute atomic E-state index is 0.236. The third-order valence-electron chi connectivity index (χ3n) is 3.16. The van der Waals surface area contributed by atoms with Gasteiger partial charge in [-0.2, -0.15) is 11.3 Å². The molecule has 0 amide bonds. The van der Waals surface area contributed by atoms with Crippen LogP contribution >= 0.6 is 11.3 Å². The lowest BCUT2D eigenvalue weighted by atomic mass is 10.2. The maximum Gasteiger partial charge on any atom is 0.330 e. The lowest BCUT2D eigenvalue weighted by Gasteiger charge is -2.08. The molecule has 2 heterocycles. The molecular weight excluding hydrogens is 274 g/mol. The zero-order valence-electron chi connectivity index (χ0n) is 11.5. The van der Waals surface area contributed by atoms with Gasteiger partial charge < -0.3 is 9.88 Å². The number of aromatic nitrogens is 2. The van der Waals surface area contributed by atoms with E-state index in [0.717, 1.165) is 13.0 Å². The Hall–Kier alpha value is -1.66. The van der Waals surface area contributed by atoms with Crippen LogP contribution in [-0.4, -0.2) is 22.2 Å². The summed E-state index contributed by atoms with van der Waals surface area (Å²) in [6.45, 7) is 4.33. The second-order valence-electron chi connectivity index (χ2n) is 4.51. The van der Waals surface area contributed by atoms with Crippen molar-refractivity contribution in [3.05, 3.63) is 55.5 Å². The molecule has 0 unspecified atom stereocenters. The van der Waals surface area contributed by atoms with Crippen LogP contribution in [0.2, 0.25) is 0 Å². The van der Waals surface area contributed by atoms with Crippen molar-refractivity contribution < 1.29 is 0 Å². The van der Waals surface area contributed by atoms with E-state index in [1.54, 1.807) is 17.5 Å². The van der Waals surface area contributed by atoms with E-state index < -0.39 is 0 Å². The predicted octanol–water partition coefficient (Wildman–Crippen LogP) is 0.924. The first-order valence-electron chi connectivity index (χ1n) is 6.74. The molecule has 0 aromatic carbocycles. The van der Waals surface area contributed by atoms with Gasteiger partial charge >= 0.3 is 5.69 Å². The summed E-state index contributed by atoms with van der Waals surface area (Å²) in [5.41, 5.74) is 0.840. The first kappa shape index (κ1) is 14.7. The highest BCUT2D eigenvalue weighted by Crippen LogP contribution is 2.05. The zero-order valence-corrected chi connectivity index (χ0v) is 12.4. The number of hydrogen-bond acceptors (Lipinski definition) is 4. The Kier molecular flexibility index (Phi) is 5.31. The maximum absolute atomic E-state index is 12.0. The molecule has 2 rings (SSSR count). The Morgan fingerprint density at radius 2 is 2.10 bits per heavy atom. The lowest BCUT2D eigenvalue weighted by Crippen LogP contribution is -2.41. The molecule has 0 atom stereocenters. The summed E-state index contributed by atoms with van der Waals surface area (Å²) >= 11 is 1.69. The van der Waals surface area contributed by atoms with Crippen LogP contribution in [0.15, 0.2) is 38.7 Å². The number of nitrogens with zero attached hydrogens (tertiary/aromatic N) is 2. The first-order valence-corrected chi connectivity index (χ1v) is 7.68. The second-order valence-corrected chi connectivity index (χ2v) is 5.29. The van der Waals surface area contributed by atoms with Gasteiger partial charge in [0.1, 0.15) is 0 Å². The van der Waals surface area contributed by atoms with Crippen LogP contribution in [0.3, 0.4) is 0 Å². The summed E-state index contributed by atoms with van der Waals surface area (Å²) in [7, 11) is 0. The third-order valence-corrected chi connectivity index (χ3v) is 3.90. The molecule has 1 N–H and O–H groups in total. The SMILES string of the molecule is CCn1ccc(=O)n(CCNCCc2ccsc2)c1=O. The van der Waals surface area contributed by atoms with Crippen LogP contribution in [0.5, 0.6) is 0 Å². The Bertz CT molecular complexity index is 643. The molecule has 6 heteroatoms. The molecule has 0 saturated carbocycles. The highest BCUT2D eigenvalue weighted by molar-refractivity contribution is 7.07. The molecule has 0 aliphatic heterocycles. The number of aryl methyl sites for hydroxylation is 1. The molecular formula is C14H19N3O2S. The molecule has 0 spiro atoms. The highest BCUT2D eigenvalue weighted by atomic mass is 32.1. The van der Waals surface area contributed by atoms with Crippen molar-refractivity contribution in [2.24, 2.45) is 0 Å². The maximum atomic E-state index is 12.0. The molecule has 5 nitrogen and oxygen atoms in total. The van der Waals surface area contributed by atoms with Gasteiger partial charge in [-0.25, -0.2) is 4.79 Å². The fourth-order valence-corrected chi connectivity index (χ4v) is 2.69. The van der Waals surface area contributed by atoms with Crippen LogP contribution < -0.4 is 16.6 Å². The molecule has 0 saturated heterocycles. The van der Waals surface area contributed by atoms with Crippen molar-refractivity contribution >= 4 is 11.3 Å². The van der Waals surface area contributed by atoms with E-state index in [0.29, 0.717) is 19.6 Å². The predicted molar refractivity (Wildman–Crippen MR) is 81.5 cm³/mol. The van der Waals surface area contributed by atoms with E-state index in [2.05, 4.69) is 22.1 Å². The van der Waals surface area contributed by atoms with Crippen LogP contribution in [0.25, 0.3) is 0 Å². The van der Waals surface area contributed by atoms with Crippen LogP contribution in [-0.2, 0) is 19.5 Å². The van der Waals surface area contributed by atoms with Crippen LogP contribution in [0.4, 0.5) is 0 Å². The molecule has 0 aliphatic carbocycles. The van der Waals surface area contributed by atoms with Gasteiger partial charge in [-0.1, -0.05) is 0 Å². The van der Waals surface area contributed by atoms with Crippen molar-refractivity contribution in [2.45, 2.75) is 26.4 Å². The molecule has 0 bridgehead atoms. The summed E-state index contributed by atoms with van der Waals surface area (Å²) in [4.78, 5) is 23.7. The van der Waals surface area contributed by atoms with Crippen LogP contribution in [0, 0.1) is 0 Å². The molecule has 2 aromatic rings. The summed E-state index contributed by atoms with van der Waals surface area (Å²) in [6, 6.07) is 3.55. The second kappa shape index (κ2) is 7.21. The Labute approximate surface area is 121 Å². The number of rotatable bonds is 7. The van der Waals surface area contributed by atoms with Crippen molar-refractivity contribution in [2.75, 3.05) is 13.1 Å². The Morgan fingerprint density at radius 1 is 1.25 bits per heavy atom. The molecule has 20 heavy (non-hydrogen) atoms. The number of nitrogens with one attached hydrogen (secondary N) is 1. The molecule has 0 fully saturated rings. The average molecular weight is 293 g/mol. The molecule has 108 valence electrons. The zero-order chi connectivity index (χ0) is 14.4. The summed E-state index contributed by atoms with van der Waals surface area (Å²) in [5, 5.41) is 7.45. The van der Waals surface area contributed by atoms with Gasteiger partial charge in [0.05, 0.1) is 0 Å². The Morgan fingerprint density at radius 3 is 2.80 bits per heavy atom. The average Bonchev–Trinajstić information content (AvgIpc) is 2.95. The molecule has 0 radical (unpaired) electrons. The highest BCUT2D eigenvalue weighted by Gasteiger charge is 2.03. The fraction of sp³-hybridized carbons (Fsp3) is 0.429. The van der Waals surface area contributed by atoms with Gasteiger partial charge in [0, 0.05) is 31.9 Å². The number of hydrogen-bond donors (Lipinski definition) is 1. The van der Waals surface area contributed by atoms with E-state index in [4.69, 9.17) is 0 Å². The quantitative estimate of drug-likeness (QED) is 0.773. The summed E-state index contributed by atoms with van der Waals surface area (Å²) in [5.74, 6) is 0. The van der Waals surface area contributed by atoms with E-state index >= 15 is 0 Å². The molecule has 2 aromatic heterocycles. The largest absolute Gasteiger partial charge is 0.330 e. The third kappa shape index (κ3) is 3.68. The summed E-state index contributed by atoms with van der Waals surface area (Å²) in [6.07, 6.45) is 2.51. The van der Waals surface area contributed by atoms with E-state index in [1.165, 1.54) is 20.8 Å². The Balaban J connectivity index is 1.85. The van der Waals surface area contributed by atoms with Gasteiger partial charge in [-0.05, 0) is 42.3 Å². The number of thiophene rings is 1. The van der Waals surface area contributed by atoms with Gasteiger partial charge in [-0.15, -0.1) is 0 Å². The van der Waals surface area contributed by atoms with E-state index in [1.807, 2.05) is 6.92 Å². The van der Waals surface area contributed by atoms with E-state index in [-0.39, 0.29) is 11.2 Å².